The van der Waals surface area contributed by atoms with Gasteiger partial charge in [-0.2, -0.15) is 0 Å². The number of nitrogens with zero attached hydrogens (tertiary/aromatic N) is 2. The number of aromatic nitrogens is 1. The number of fused-ring (bicyclic) bond motifs is 1. The minimum absolute atomic E-state index is 0.0749. The molecule has 0 aliphatic carbocycles. The topological polar surface area (TPSA) is 53.4 Å². The second-order valence-electron chi connectivity index (χ2n) is 6.09. The predicted octanol–water partition coefficient (Wildman–Crippen LogP) is 3.44. The molecule has 1 amide bonds. The Bertz CT molecular complexity index is 905. The highest BCUT2D eigenvalue weighted by Gasteiger charge is 2.28. The zero-order valence-corrected chi connectivity index (χ0v) is 13.7. The zero-order valence-electron chi connectivity index (χ0n) is 13.7. The van der Waals surface area contributed by atoms with Gasteiger partial charge in [-0.15, -0.1) is 0 Å². The predicted molar refractivity (Wildman–Crippen MR) is 97.4 cm³/mol. The Morgan fingerprint density at radius 2 is 1.88 bits per heavy atom. The van der Waals surface area contributed by atoms with Crippen LogP contribution in [0.25, 0.3) is 11.1 Å². The highest BCUT2D eigenvalue weighted by Crippen LogP contribution is 2.36. The number of amides is 1. The van der Waals surface area contributed by atoms with E-state index in [4.69, 9.17) is 5.11 Å². The van der Waals surface area contributed by atoms with E-state index < -0.39 is 0 Å². The van der Waals surface area contributed by atoms with Crippen LogP contribution in [-0.2, 0) is 13.0 Å². The average Bonchev–Trinajstić information content (AvgIpc) is 3.12. The minimum atomic E-state index is -0.103. The average molecular weight is 330 g/mol. The Morgan fingerprint density at radius 1 is 1.04 bits per heavy atom. The molecular weight excluding hydrogens is 312 g/mol. The van der Waals surface area contributed by atoms with Gasteiger partial charge in [0.2, 0.25) is 0 Å². The van der Waals surface area contributed by atoms with Crippen LogP contribution >= 0.6 is 0 Å². The first kappa shape index (κ1) is 15.5. The number of pyridine rings is 1. The number of anilines is 1. The number of hydrogen-bond acceptors (Lipinski definition) is 3. The van der Waals surface area contributed by atoms with Gasteiger partial charge < -0.3 is 10.0 Å². The number of aliphatic hydroxyl groups is 1. The van der Waals surface area contributed by atoms with E-state index in [1.807, 2.05) is 30.3 Å². The van der Waals surface area contributed by atoms with Crippen LogP contribution in [0.5, 0.6) is 0 Å². The van der Waals surface area contributed by atoms with E-state index >= 15 is 0 Å². The van der Waals surface area contributed by atoms with E-state index in [-0.39, 0.29) is 12.5 Å². The van der Waals surface area contributed by atoms with Gasteiger partial charge in [0.05, 0.1) is 6.61 Å². The van der Waals surface area contributed by atoms with Crippen molar-refractivity contribution < 1.29 is 9.90 Å². The molecule has 0 fully saturated rings. The fourth-order valence-corrected chi connectivity index (χ4v) is 3.32. The number of carbonyl (C=O) groups is 1. The Balaban J connectivity index is 1.69. The Hall–Kier alpha value is -2.98. The van der Waals surface area contributed by atoms with Gasteiger partial charge in [-0.25, -0.2) is 0 Å². The van der Waals surface area contributed by atoms with Crippen molar-refractivity contribution in [3.8, 4) is 11.1 Å². The lowest BCUT2D eigenvalue weighted by Gasteiger charge is -2.17. The molecule has 1 aliphatic heterocycles. The van der Waals surface area contributed by atoms with Crippen LogP contribution < -0.4 is 4.90 Å². The number of hydrogen-bond donors (Lipinski definition) is 1. The third-order valence-electron chi connectivity index (χ3n) is 4.58. The van der Waals surface area contributed by atoms with Crippen molar-refractivity contribution in [1.82, 2.24) is 4.98 Å². The molecule has 0 saturated heterocycles. The lowest BCUT2D eigenvalue weighted by molar-refractivity contribution is 0.0984. The summed E-state index contributed by atoms with van der Waals surface area (Å²) in [6.45, 7) is 0.579. The summed E-state index contributed by atoms with van der Waals surface area (Å²) in [5.41, 5.74) is 5.60. The molecule has 1 aliphatic rings. The third-order valence-corrected chi connectivity index (χ3v) is 4.58. The van der Waals surface area contributed by atoms with E-state index in [0.717, 1.165) is 12.1 Å². The van der Waals surface area contributed by atoms with Gasteiger partial charge in [0, 0.05) is 18.4 Å². The molecule has 4 heteroatoms. The summed E-state index contributed by atoms with van der Waals surface area (Å²) in [6, 6.07) is 19.7. The molecule has 1 aromatic heterocycles. The second-order valence-corrected chi connectivity index (χ2v) is 6.09. The van der Waals surface area contributed by atoms with Crippen LogP contribution in [-0.4, -0.2) is 22.5 Å². The molecule has 0 bridgehead atoms. The number of rotatable bonds is 3. The van der Waals surface area contributed by atoms with Crippen LogP contribution in [0.1, 0.15) is 21.6 Å². The van der Waals surface area contributed by atoms with Gasteiger partial charge >= 0.3 is 0 Å². The van der Waals surface area contributed by atoms with Crippen molar-refractivity contribution in [2.24, 2.45) is 0 Å². The summed E-state index contributed by atoms with van der Waals surface area (Å²) < 4.78 is 0. The molecule has 1 N–H and O–H groups in total. The first-order valence-electron chi connectivity index (χ1n) is 8.33. The molecule has 0 saturated carbocycles. The maximum Gasteiger partial charge on any atom is 0.276 e. The monoisotopic (exact) mass is 330 g/mol. The summed E-state index contributed by atoms with van der Waals surface area (Å²) in [5.74, 6) is -0.103. The van der Waals surface area contributed by atoms with Crippen LogP contribution in [0.2, 0.25) is 0 Å². The van der Waals surface area contributed by atoms with Gasteiger partial charge in [-0.1, -0.05) is 48.5 Å². The van der Waals surface area contributed by atoms with E-state index in [2.05, 4.69) is 23.2 Å². The van der Waals surface area contributed by atoms with Crippen molar-refractivity contribution in [1.29, 1.82) is 0 Å². The molecule has 0 atom stereocenters. The maximum atomic E-state index is 12.9. The largest absolute Gasteiger partial charge is 0.392 e. The van der Waals surface area contributed by atoms with Crippen LogP contribution in [0.3, 0.4) is 0 Å². The summed E-state index contributed by atoms with van der Waals surface area (Å²) in [5, 5.41) is 9.11. The first-order chi connectivity index (χ1) is 12.3. The van der Waals surface area contributed by atoms with Crippen LogP contribution in [0, 0.1) is 0 Å². The Morgan fingerprint density at radius 3 is 2.60 bits per heavy atom. The van der Waals surface area contributed by atoms with Gasteiger partial charge in [0.1, 0.15) is 5.69 Å². The molecule has 25 heavy (non-hydrogen) atoms. The molecule has 4 nitrogen and oxygen atoms in total. The van der Waals surface area contributed by atoms with Gasteiger partial charge in [-0.3, -0.25) is 9.78 Å². The van der Waals surface area contributed by atoms with Crippen molar-refractivity contribution >= 4 is 11.6 Å². The highest BCUT2D eigenvalue weighted by molar-refractivity contribution is 6.06. The summed E-state index contributed by atoms with van der Waals surface area (Å²) in [7, 11) is 0. The lowest BCUT2D eigenvalue weighted by atomic mass is 9.98. The van der Waals surface area contributed by atoms with Crippen LogP contribution in [0.4, 0.5) is 5.69 Å². The maximum absolute atomic E-state index is 12.9. The zero-order chi connectivity index (χ0) is 17.2. The first-order valence-corrected chi connectivity index (χ1v) is 8.33. The molecule has 2 heterocycles. The van der Waals surface area contributed by atoms with Crippen molar-refractivity contribution in [2.75, 3.05) is 11.4 Å². The molecule has 4 rings (SSSR count). The fourth-order valence-electron chi connectivity index (χ4n) is 3.32. The fraction of sp³-hybridized carbons (Fsp3) is 0.143. The van der Waals surface area contributed by atoms with E-state index in [1.54, 1.807) is 23.2 Å². The minimum Gasteiger partial charge on any atom is -0.392 e. The molecule has 0 radical (unpaired) electrons. The second kappa shape index (κ2) is 6.49. The molecule has 0 spiro atoms. The van der Waals surface area contributed by atoms with Crippen LogP contribution in [0.15, 0.2) is 66.9 Å². The standard InChI is InChI=1S/C21H18N2O2/c24-14-15-9-10-19(22-13-15)21(25)23-12-11-18-17(7-4-8-20(18)23)16-5-2-1-3-6-16/h1-10,13,24H,11-12,14H2. The normalized spacial score (nSPS) is 12.9. The number of benzene rings is 2. The van der Waals surface area contributed by atoms with Crippen molar-refractivity contribution in [3.05, 3.63) is 83.7 Å². The summed E-state index contributed by atoms with van der Waals surface area (Å²) in [4.78, 5) is 18.8. The van der Waals surface area contributed by atoms with Crippen molar-refractivity contribution in [2.45, 2.75) is 13.0 Å². The summed E-state index contributed by atoms with van der Waals surface area (Å²) >= 11 is 0. The van der Waals surface area contributed by atoms with E-state index in [0.29, 0.717) is 17.8 Å². The SMILES string of the molecule is O=C(c1ccc(CO)cn1)N1CCc2c(-c3ccccc3)cccc21. The molecule has 2 aromatic carbocycles. The molecular formula is C21H18N2O2. The van der Waals surface area contributed by atoms with Gasteiger partial charge in [0.15, 0.2) is 0 Å². The van der Waals surface area contributed by atoms with E-state index in [1.165, 1.54) is 16.7 Å². The Labute approximate surface area is 146 Å². The third kappa shape index (κ3) is 2.81. The smallest absolute Gasteiger partial charge is 0.276 e. The quantitative estimate of drug-likeness (QED) is 0.800. The number of carbonyl (C=O) groups excluding carboxylic acids is 1. The summed E-state index contributed by atoms with van der Waals surface area (Å²) in [6.07, 6.45) is 2.38. The molecule has 124 valence electrons. The molecule has 0 unspecified atom stereocenters. The lowest BCUT2D eigenvalue weighted by Crippen LogP contribution is -2.29. The van der Waals surface area contributed by atoms with Gasteiger partial charge in [-0.05, 0) is 40.8 Å². The molecule has 3 aromatic rings. The van der Waals surface area contributed by atoms with Gasteiger partial charge in [0.25, 0.3) is 5.91 Å². The Kier molecular flexibility index (Phi) is 4.04. The van der Waals surface area contributed by atoms with E-state index in [9.17, 15) is 4.79 Å². The van der Waals surface area contributed by atoms with Crippen molar-refractivity contribution in [3.63, 3.8) is 0 Å². The number of aliphatic hydroxyl groups excluding tert-OH is 1. The highest BCUT2D eigenvalue weighted by atomic mass is 16.3.